The number of anilines is 1. The highest BCUT2D eigenvalue weighted by Crippen LogP contribution is 2.36. The van der Waals surface area contributed by atoms with Crippen molar-refractivity contribution in [2.24, 2.45) is 0 Å². The molecule has 3 aromatic rings. The van der Waals surface area contributed by atoms with Crippen molar-refractivity contribution in [3.05, 3.63) is 95.1 Å². The minimum absolute atomic E-state index is 0.146. The standard InChI is InChI=1S/C26H26N2O2S/c1-18-8-4-5-10-20(18)17-27-25(30)26(2)16-19-9-6-7-11-23(19)24(29)28(26)21-12-14-22(31-3)15-13-21/h4-15H,16-17H2,1-3H3,(H,27,30)/t26-/m1/s1. The van der Waals surface area contributed by atoms with Crippen molar-refractivity contribution in [1.82, 2.24) is 5.32 Å². The Morgan fingerprint density at radius 1 is 1.03 bits per heavy atom. The van der Waals surface area contributed by atoms with Crippen LogP contribution in [0.15, 0.2) is 77.7 Å². The number of hydrogen-bond acceptors (Lipinski definition) is 3. The van der Waals surface area contributed by atoms with Gasteiger partial charge < -0.3 is 5.32 Å². The number of aryl methyl sites for hydroxylation is 1. The van der Waals surface area contributed by atoms with E-state index in [0.717, 1.165) is 27.3 Å². The quantitative estimate of drug-likeness (QED) is 0.580. The first-order chi connectivity index (χ1) is 14.9. The summed E-state index contributed by atoms with van der Waals surface area (Å²) in [7, 11) is 0. The lowest BCUT2D eigenvalue weighted by atomic mass is 9.82. The van der Waals surface area contributed by atoms with Crippen LogP contribution in [0.5, 0.6) is 0 Å². The van der Waals surface area contributed by atoms with Crippen molar-refractivity contribution >= 4 is 29.3 Å². The van der Waals surface area contributed by atoms with E-state index in [1.54, 1.807) is 16.7 Å². The van der Waals surface area contributed by atoms with Gasteiger partial charge in [0.1, 0.15) is 5.54 Å². The molecule has 0 unspecified atom stereocenters. The first-order valence-electron chi connectivity index (χ1n) is 10.3. The molecule has 1 aliphatic rings. The Balaban J connectivity index is 1.71. The Hall–Kier alpha value is -3.05. The molecule has 5 heteroatoms. The number of thioether (sulfide) groups is 1. The third-order valence-corrected chi connectivity index (χ3v) is 6.74. The maximum Gasteiger partial charge on any atom is 0.259 e. The number of amides is 2. The van der Waals surface area contributed by atoms with E-state index < -0.39 is 5.54 Å². The van der Waals surface area contributed by atoms with Crippen molar-refractivity contribution in [1.29, 1.82) is 0 Å². The molecule has 2 amide bonds. The highest BCUT2D eigenvalue weighted by Gasteiger charge is 2.47. The Bertz CT molecular complexity index is 1130. The van der Waals surface area contributed by atoms with Gasteiger partial charge in [0, 0.05) is 29.1 Å². The minimum atomic E-state index is -1.03. The maximum absolute atomic E-state index is 13.6. The molecule has 0 saturated carbocycles. The predicted molar refractivity (Wildman–Crippen MR) is 127 cm³/mol. The normalized spacial score (nSPS) is 17.9. The lowest BCUT2D eigenvalue weighted by Crippen LogP contribution is -2.63. The number of hydrogen-bond donors (Lipinski definition) is 1. The summed E-state index contributed by atoms with van der Waals surface area (Å²) in [5.41, 5.74) is 3.44. The zero-order valence-corrected chi connectivity index (χ0v) is 18.8. The Labute approximate surface area is 187 Å². The Kier molecular flexibility index (Phi) is 5.88. The van der Waals surface area contributed by atoms with Crippen LogP contribution in [0.1, 0.15) is 34.0 Å². The number of nitrogens with one attached hydrogen (secondary N) is 1. The summed E-state index contributed by atoms with van der Waals surface area (Å²) in [6, 6.07) is 23.4. The smallest absolute Gasteiger partial charge is 0.259 e. The summed E-state index contributed by atoms with van der Waals surface area (Å²) in [6.07, 6.45) is 2.47. The number of carbonyl (C=O) groups excluding carboxylic acids is 2. The highest BCUT2D eigenvalue weighted by atomic mass is 32.2. The number of rotatable bonds is 5. The second-order valence-corrected chi connectivity index (χ2v) is 8.94. The predicted octanol–water partition coefficient (Wildman–Crippen LogP) is 4.99. The van der Waals surface area contributed by atoms with E-state index in [9.17, 15) is 9.59 Å². The molecule has 1 atom stereocenters. The fourth-order valence-corrected chi connectivity index (χ4v) is 4.58. The molecule has 4 rings (SSSR count). The fraction of sp³-hybridized carbons (Fsp3) is 0.231. The Morgan fingerprint density at radius 2 is 1.71 bits per heavy atom. The maximum atomic E-state index is 13.6. The van der Waals surface area contributed by atoms with Crippen LogP contribution >= 0.6 is 11.8 Å². The summed E-state index contributed by atoms with van der Waals surface area (Å²) < 4.78 is 0. The van der Waals surface area contributed by atoms with Crippen LogP contribution < -0.4 is 10.2 Å². The number of fused-ring (bicyclic) bond motifs is 1. The summed E-state index contributed by atoms with van der Waals surface area (Å²) in [5.74, 6) is -0.306. The van der Waals surface area contributed by atoms with E-state index >= 15 is 0 Å². The van der Waals surface area contributed by atoms with Crippen LogP contribution in [0.25, 0.3) is 0 Å². The summed E-state index contributed by atoms with van der Waals surface area (Å²) in [6.45, 7) is 4.32. The molecule has 1 N–H and O–H groups in total. The SMILES string of the molecule is CSc1ccc(N2C(=O)c3ccccc3C[C@]2(C)C(=O)NCc2ccccc2C)cc1. The van der Waals surface area contributed by atoms with Crippen LogP contribution in [0.4, 0.5) is 5.69 Å². The summed E-state index contributed by atoms with van der Waals surface area (Å²) >= 11 is 1.64. The second-order valence-electron chi connectivity index (χ2n) is 8.06. The van der Waals surface area contributed by atoms with E-state index in [0.29, 0.717) is 18.5 Å². The van der Waals surface area contributed by atoms with Gasteiger partial charge in [-0.1, -0.05) is 42.5 Å². The molecular formula is C26H26N2O2S. The topological polar surface area (TPSA) is 49.4 Å². The molecular weight excluding hydrogens is 404 g/mol. The van der Waals surface area contributed by atoms with Crippen molar-refractivity contribution in [2.75, 3.05) is 11.2 Å². The number of nitrogens with zero attached hydrogens (tertiary/aromatic N) is 1. The van der Waals surface area contributed by atoms with Crippen molar-refractivity contribution in [3.8, 4) is 0 Å². The van der Waals surface area contributed by atoms with Crippen LogP contribution in [0.3, 0.4) is 0 Å². The van der Waals surface area contributed by atoms with Crippen LogP contribution in [-0.2, 0) is 17.8 Å². The molecule has 0 saturated heterocycles. The first-order valence-corrected chi connectivity index (χ1v) is 11.6. The van der Waals surface area contributed by atoms with Gasteiger partial charge in [0.2, 0.25) is 5.91 Å². The average Bonchev–Trinajstić information content (AvgIpc) is 2.79. The van der Waals surface area contributed by atoms with Crippen molar-refractivity contribution in [2.45, 2.75) is 37.2 Å². The van der Waals surface area contributed by atoms with Gasteiger partial charge in [-0.3, -0.25) is 14.5 Å². The lowest BCUT2D eigenvalue weighted by molar-refractivity contribution is -0.126. The van der Waals surface area contributed by atoms with Gasteiger partial charge >= 0.3 is 0 Å². The largest absolute Gasteiger partial charge is 0.350 e. The molecule has 0 bridgehead atoms. The van der Waals surface area contributed by atoms with Gasteiger partial charge in [-0.2, -0.15) is 0 Å². The third-order valence-electron chi connectivity index (χ3n) is 6.00. The second kappa shape index (κ2) is 8.60. The van der Waals surface area contributed by atoms with E-state index in [-0.39, 0.29) is 11.8 Å². The van der Waals surface area contributed by atoms with Gasteiger partial charge in [0.05, 0.1) is 0 Å². The molecule has 1 heterocycles. The zero-order valence-electron chi connectivity index (χ0n) is 18.0. The van der Waals surface area contributed by atoms with Gasteiger partial charge in [-0.15, -0.1) is 11.8 Å². The van der Waals surface area contributed by atoms with Crippen molar-refractivity contribution in [3.63, 3.8) is 0 Å². The molecule has 31 heavy (non-hydrogen) atoms. The third kappa shape index (κ3) is 3.98. The lowest BCUT2D eigenvalue weighted by Gasteiger charge is -2.44. The summed E-state index contributed by atoms with van der Waals surface area (Å²) in [4.78, 5) is 29.9. The van der Waals surface area contributed by atoms with Crippen LogP contribution in [-0.4, -0.2) is 23.6 Å². The van der Waals surface area contributed by atoms with Gasteiger partial charge in [-0.05, 0) is 67.1 Å². The summed E-state index contributed by atoms with van der Waals surface area (Å²) in [5, 5.41) is 3.09. The van der Waals surface area contributed by atoms with Crippen molar-refractivity contribution < 1.29 is 9.59 Å². The average molecular weight is 431 g/mol. The van der Waals surface area contributed by atoms with Crippen LogP contribution in [0, 0.1) is 6.92 Å². The first kappa shape index (κ1) is 21.2. The molecule has 0 radical (unpaired) electrons. The highest BCUT2D eigenvalue weighted by molar-refractivity contribution is 7.98. The molecule has 0 aromatic heterocycles. The number of benzene rings is 3. The molecule has 1 aliphatic heterocycles. The molecule has 4 nitrogen and oxygen atoms in total. The van der Waals surface area contributed by atoms with E-state index in [1.165, 1.54) is 0 Å². The molecule has 0 fully saturated rings. The van der Waals surface area contributed by atoms with Gasteiger partial charge in [0.15, 0.2) is 0 Å². The van der Waals surface area contributed by atoms with Gasteiger partial charge in [-0.25, -0.2) is 0 Å². The minimum Gasteiger partial charge on any atom is -0.350 e. The van der Waals surface area contributed by atoms with Crippen LogP contribution in [0.2, 0.25) is 0 Å². The molecule has 3 aromatic carbocycles. The van der Waals surface area contributed by atoms with E-state index in [1.807, 2.05) is 92.9 Å². The van der Waals surface area contributed by atoms with E-state index in [4.69, 9.17) is 0 Å². The zero-order chi connectivity index (χ0) is 22.0. The Morgan fingerprint density at radius 3 is 2.42 bits per heavy atom. The van der Waals surface area contributed by atoms with Gasteiger partial charge in [0.25, 0.3) is 5.91 Å². The molecule has 0 spiro atoms. The number of carbonyl (C=O) groups is 2. The fourth-order valence-electron chi connectivity index (χ4n) is 4.17. The molecule has 158 valence electrons. The van der Waals surface area contributed by atoms with E-state index in [2.05, 4.69) is 5.32 Å². The molecule has 0 aliphatic carbocycles. The monoisotopic (exact) mass is 430 g/mol.